The molecule has 1 amide bonds. The highest BCUT2D eigenvalue weighted by Crippen LogP contribution is 2.40. The van der Waals surface area contributed by atoms with Gasteiger partial charge < -0.3 is 14.7 Å². The summed E-state index contributed by atoms with van der Waals surface area (Å²) in [6.45, 7) is 4.76. The molecule has 2 aromatic carbocycles. The molecule has 5 nitrogen and oxygen atoms in total. The van der Waals surface area contributed by atoms with E-state index >= 15 is 0 Å². The second-order valence-electron chi connectivity index (χ2n) is 7.19. The molecule has 1 fully saturated rings. The van der Waals surface area contributed by atoms with Crippen LogP contribution in [-0.2, 0) is 14.3 Å². The molecule has 0 spiro atoms. The van der Waals surface area contributed by atoms with Gasteiger partial charge in [0.25, 0.3) is 11.7 Å². The van der Waals surface area contributed by atoms with Crippen molar-refractivity contribution < 1.29 is 19.4 Å². The number of carbonyl (C=O) groups excluding carboxylic acids is 2. The molecule has 1 N–H and O–H groups in total. The van der Waals surface area contributed by atoms with Gasteiger partial charge in [0.05, 0.1) is 17.7 Å². The fourth-order valence-corrected chi connectivity index (χ4v) is 3.86. The summed E-state index contributed by atoms with van der Waals surface area (Å²) in [4.78, 5) is 27.2. The Morgan fingerprint density at radius 3 is 2.52 bits per heavy atom. The zero-order chi connectivity index (χ0) is 21.0. The predicted molar refractivity (Wildman–Crippen MR) is 115 cm³/mol. The van der Waals surface area contributed by atoms with Crippen molar-refractivity contribution in [2.45, 2.75) is 32.4 Å². The van der Waals surface area contributed by atoms with Crippen LogP contribution in [0.4, 0.5) is 0 Å². The number of carbonyl (C=O) groups is 2. The summed E-state index contributed by atoms with van der Waals surface area (Å²) in [7, 11) is 0. The van der Waals surface area contributed by atoms with Gasteiger partial charge >= 0.3 is 0 Å². The predicted octanol–water partition coefficient (Wildman–Crippen LogP) is 4.69. The maximum absolute atomic E-state index is 12.9. The molecule has 1 aliphatic heterocycles. The number of benzene rings is 2. The van der Waals surface area contributed by atoms with Gasteiger partial charge in [-0.05, 0) is 38.0 Å². The molecule has 2 aromatic rings. The van der Waals surface area contributed by atoms with Gasteiger partial charge in [-0.1, -0.05) is 58.4 Å². The second-order valence-corrected chi connectivity index (χ2v) is 8.10. The largest absolute Gasteiger partial charge is 0.507 e. The van der Waals surface area contributed by atoms with Crippen molar-refractivity contribution in [3.05, 3.63) is 75.8 Å². The zero-order valence-corrected chi connectivity index (χ0v) is 18.1. The minimum atomic E-state index is -0.666. The molecule has 0 aliphatic carbocycles. The molecule has 29 heavy (non-hydrogen) atoms. The van der Waals surface area contributed by atoms with E-state index in [1.807, 2.05) is 44.2 Å². The SMILES string of the molecule is CC(C)OCCCN1C(=O)C(=O)C(=C(O)c2ccccc2)[C@@H]1c1cccc(Br)c1. The van der Waals surface area contributed by atoms with Crippen LogP contribution in [-0.4, -0.2) is 41.0 Å². The minimum Gasteiger partial charge on any atom is -0.507 e. The van der Waals surface area contributed by atoms with E-state index < -0.39 is 17.7 Å². The molecule has 3 rings (SSSR count). The molecule has 0 aromatic heterocycles. The van der Waals surface area contributed by atoms with E-state index in [-0.39, 0.29) is 17.4 Å². The van der Waals surface area contributed by atoms with E-state index in [4.69, 9.17) is 4.74 Å². The number of Topliss-reactive ketones (excluding diaryl/α,β-unsaturated/α-hetero) is 1. The highest BCUT2D eigenvalue weighted by atomic mass is 79.9. The van der Waals surface area contributed by atoms with Crippen LogP contribution in [0.2, 0.25) is 0 Å². The molecule has 1 atom stereocenters. The van der Waals surface area contributed by atoms with Crippen molar-refractivity contribution >= 4 is 33.4 Å². The fraction of sp³-hybridized carbons (Fsp3) is 0.304. The monoisotopic (exact) mass is 457 g/mol. The van der Waals surface area contributed by atoms with E-state index in [0.29, 0.717) is 25.1 Å². The van der Waals surface area contributed by atoms with Crippen molar-refractivity contribution in [2.75, 3.05) is 13.2 Å². The smallest absolute Gasteiger partial charge is 0.295 e. The number of halogens is 1. The molecule has 1 heterocycles. The number of hydrogen-bond donors (Lipinski definition) is 1. The Hall–Kier alpha value is -2.44. The first-order valence-corrected chi connectivity index (χ1v) is 10.4. The van der Waals surface area contributed by atoms with E-state index in [2.05, 4.69) is 15.9 Å². The summed E-state index contributed by atoms with van der Waals surface area (Å²) in [5.41, 5.74) is 1.39. The van der Waals surface area contributed by atoms with E-state index in [1.54, 1.807) is 24.3 Å². The van der Waals surface area contributed by atoms with Gasteiger partial charge in [-0.3, -0.25) is 9.59 Å². The van der Waals surface area contributed by atoms with Gasteiger partial charge in [-0.15, -0.1) is 0 Å². The second kappa shape index (κ2) is 9.37. The van der Waals surface area contributed by atoms with Crippen molar-refractivity contribution in [3.8, 4) is 0 Å². The van der Waals surface area contributed by atoms with Crippen LogP contribution in [0.25, 0.3) is 5.76 Å². The van der Waals surface area contributed by atoms with Crippen LogP contribution >= 0.6 is 15.9 Å². The van der Waals surface area contributed by atoms with Crippen molar-refractivity contribution in [3.63, 3.8) is 0 Å². The lowest BCUT2D eigenvalue weighted by Crippen LogP contribution is -2.31. The number of hydrogen-bond acceptors (Lipinski definition) is 4. The molecule has 0 radical (unpaired) electrons. The Kier molecular flexibility index (Phi) is 6.87. The van der Waals surface area contributed by atoms with Crippen molar-refractivity contribution in [2.24, 2.45) is 0 Å². The lowest BCUT2D eigenvalue weighted by Gasteiger charge is -2.25. The first-order chi connectivity index (χ1) is 13.9. The minimum absolute atomic E-state index is 0.101. The highest BCUT2D eigenvalue weighted by Gasteiger charge is 2.45. The number of amides is 1. The Bertz CT molecular complexity index is 923. The van der Waals surface area contributed by atoms with E-state index in [9.17, 15) is 14.7 Å². The van der Waals surface area contributed by atoms with Crippen LogP contribution in [0, 0.1) is 0 Å². The molecule has 6 heteroatoms. The molecular weight excluding hydrogens is 434 g/mol. The van der Waals surface area contributed by atoms with E-state index in [0.717, 1.165) is 10.0 Å². The maximum atomic E-state index is 12.9. The van der Waals surface area contributed by atoms with Crippen LogP contribution in [0.1, 0.15) is 37.4 Å². The number of ketones is 1. The Balaban J connectivity index is 2.02. The third-order valence-corrected chi connectivity index (χ3v) is 5.24. The van der Waals surface area contributed by atoms with Gasteiger partial charge in [-0.25, -0.2) is 0 Å². The molecule has 0 saturated carbocycles. The Morgan fingerprint density at radius 2 is 1.86 bits per heavy atom. The molecule has 152 valence electrons. The number of likely N-dealkylation sites (tertiary alicyclic amines) is 1. The third kappa shape index (κ3) is 4.77. The van der Waals surface area contributed by atoms with Gasteiger partial charge in [-0.2, -0.15) is 0 Å². The molecular formula is C23H24BrNO4. The molecule has 1 aliphatic rings. The normalized spacial score (nSPS) is 18.6. The van der Waals surface area contributed by atoms with Crippen LogP contribution in [0.5, 0.6) is 0 Å². The molecule has 0 unspecified atom stereocenters. The van der Waals surface area contributed by atoms with Crippen LogP contribution < -0.4 is 0 Å². The number of ether oxygens (including phenoxy) is 1. The summed E-state index contributed by atoms with van der Waals surface area (Å²) in [6.07, 6.45) is 0.700. The fourth-order valence-electron chi connectivity index (χ4n) is 3.44. The van der Waals surface area contributed by atoms with Crippen LogP contribution in [0.3, 0.4) is 0 Å². The van der Waals surface area contributed by atoms with Gasteiger partial charge in [0, 0.05) is 23.2 Å². The quantitative estimate of drug-likeness (QED) is 0.283. The first kappa shape index (κ1) is 21.3. The number of aliphatic hydroxyl groups is 1. The summed E-state index contributed by atoms with van der Waals surface area (Å²) >= 11 is 3.45. The number of rotatable bonds is 7. The van der Waals surface area contributed by atoms with Crippen molar-refractivity contribution in [1.29, 1.82) is 0 Å². The standard InChI is InChI=1S/C23H24BrNO4/c1-15(2)29-13-7-12-25-20(17-10-6-11-18(24)14-17)19(22(27)23(25)28)21(26)16-8-4-3-5-9-16/h3-6,8-11,14-15,20,26H,7,12-13H2,1-2H3/t20-/m0/s1. The summed E-state index contributed by atoms with van der Waals surface area (Å²) in [5, 5.41) is 10.9. The summed E-state index contributed by atoms with van der Waals surface area (Å²) in [6, 6.07) is 15.6. The lowest BCUT2D eigenvalue weighted by molar-refractivity contribution is -0.140. The van der Waals surface area contributed by atoms with Crippen LogP contribution in [0.15, 0.2) is 64.6 Å². The maximum Gasteiger partial charge on any atom is 0.295 e. The molecule has 0 bridgehead atoms. The highest BCUT2D eigenvalue weighted by molar-refractivity contribution is 9.10. The van der Waals surface area contributed by atoms with Crippen molar-refractivity contribution in [1.82, 2.24) is 4.90 Å². The summed E-state index contributed by atoms with van der Waals surface area (Å²) in [5.74, 6) is -1.42. The Labute approximate surface area is 179 Å². The lowest BCUT2D eigenvalue weighted by atomic mass is 9.95. The van der Waals surface area contributed by atoms with Gasteiger partial charge in [0.1, 0.15) is 5.76 Å². The third-order valence-electron chi connectivity index (χ3n) is 4.75. The van der Waals surface area contributed by atoms with Gasteiger partial charge in [0.2, 0.25) is 0 Å². The van der Waals surface area contributed by atoms with Gasteiger partial charge in [0.15, 0.2) is 0 Å². The average Bonchev–Trinajstić information content (AvgIpc) is 2.96. The zero-order valence-electron chi connectivity index (χ0n) is 16.5. The first-order valence-electron chi connectivity index (χ1n) is 9.61. The number of nitrogens with zero attached hydrogens (tertiary/aromatic N) is 1. The topological polar surface area (TPSA) is 66.8 Å². The van der Waals surface area contributed by atoms with E-state index in [1.165, 1.54) is 4.90 Å². The number of aliphatic hydroxyl groups excluding tert-OH is 1. The molecule has 1 saturated heterocycles. The Morgan fingerprint density at radius 1 is 1.14 bits per heavy atom. The average molecular weight is 458 g/mol. The summed E-state index contributed by atoms with van der Waals surface area (Å²) < 4.78 is 6.41.